The van der Waals surface area contributed by atoms with Gasteiger partial charge in [0.2, 0.25) is 0 Å². The second-order valence-electron chi connectivity index (χ2n) is 4.01. The second-order valence-corrected chi connectivity index (χ2v) is 5.78. The highest BCUT2D eigenvalue weighted by Gasteiger charge is 2.21. The topological polar surface area (TPSA) is 60.2 Å². The summed E-state index contributed by atoms with van der Waals surface area (Å²) in [5, 5.41) is 0. The number of nitrogens with two attached hydrogens (primary N) is 1. The van der Waals surface area contributed by atoms with Crippen LogP contribution in [0.1, 0.15) is 17.3 Å². The monoisotopic (exact) mass is 403 g/mol. The number of benzene rings is 1. The highest BCUT2D eigenvalue weighted by atomic mass is 79.9. The van der Waals surface area contributed by atoms with E-state index >= 15 is 0 Å². The summed E-state index contributed by atoms with van der Waals surface area (Å²) in [6.45, 7) is 0. The van der Waals surface area contributed by atoms with Gasteiger partial charge in [0.1, 0.15) is 11.6 Å². The average molecular weight is 405 g/mol. The molecule has 0 aliphatic carbocycles. The van der Waals surface area contributed by atoms with Gasteiger partial charge in [0.15, 0.2) is 0 Å². The molecule has 2 aromatic rings. The van der Waals surface area contributed by atoms with Gasteiger partial charge >= 0.3 is 0 Å². The quantitative estimate of drug-likeness (QED) is 0.606. The predicted molar refractivity (Wildman–Crippen MR) is 81.8 cm³/mol. The Morgan fingerprint density at radius 3 is 2.65 bits per heavy atom. The van der Waals surface area contributed by atoms with Crippen molar-refractivity contribution < 1.29 is 9.13 Å². The van der Waals surface area contributed by atoms with Crippen LogP contribution in [0.5, 0.6) is 5.75 Å². The number of hydrogen-bond acceptors (Lipinski definition) is 4. The number of hydrazine groups is 1. The van der Waals surface area contributed by atoms with E-state index in [2.05, 4.69) is 42.3 Å². The summed E-state index contributed by atoms with van der Waals surface area (Å²) >= 11 is 6.73. The summed E-state index contributed by atoms with van der Waals surface area (Å²) < 4.78 is 20.7. The Labute approximate surface area is 132 Å². The van der Waals surface area contributed by atoms with Crippen LogP contribution < -0.4 is 16.0 Å². The number of hydrogen-bond donors (Lipinski definition) is 2. The third-order valence-corrected chi connectivity index (χ3v) is 3.86. The van der Waals surface area contributed by atoms with Gasteiger partial charge in [0.05, 0.1) is 18.8 Å². The van der Waals surface area contributed by atoms with Gasteiger partial charge in [-0.3, -0.25) is 10.8 Å². The van der Waals surface area contributed by atoms with Crippen LogP contribution in [0.2, 0.25) is 0 Å². The lowest BCUT2D eigenvalue weighted by atomic mass is 10.0. The minimum atomic E-state index is -0.566. The van der Waals surface area contributed by atoms with Crippen LogP contribution in [0, 0.1) is 5.82 Å². The molecule has 1 heterocycles. The molecule has 7 heteroatoms. The maximum Gasteiger partial charge on any atom is 0.132 e. The van der Waals surface area contributed by atoms with E-state index in [0.717, 1.165) is 8.95 Å². The molecule has 1 unspecified atom stereocenters. The van der Waals surface area contributed by atoms with Crippen LogP contribution in [0.4, 0.5) is 4.39 Å². The fraction of sp³-hybridized carbons (Fsp3) is 0.154. The van der Waals surface area contributed by atoms with Gasteiger partial charge in [0, 0.05) is 26.8 Å². The van der Waals surface area contributed by atoms with Crippen LogP contribution in [-0.2, 0) is 0 Å². The lowest BCUT2D eigenvalue weighted by molar-refractivity contribution is 0.410. The third-order valence-electron chi connectivity index (χ3n) is 2.79. The molecule has 20 heavy (non-hydrogen) atoms. The zero-order valence-corrected chi connectivity index (χ0v) is 13.7. The zero-order chi connectivity index (χ0) is 14.7. The highest BCUT2D eigenvalue weighted by molar-refractivity contribution is 9.11. The first-order valence-corrected chi connectivity index (χ1v) is 7.26. The van der Waals surface area contributed by atoms with E-state index in [-0.39, 0.29) is 0 Å². The lowest BCUT2D eigenvalue weighted by Gasteiger charge is -2.18. The molecule has 0 radical (unpaired) electrons. The van der Waals surface area contributed by atoms with E-state index in [0.29, 0.717) is 17.0 Å². The van der Waals surface area contributed by atoms with E-state index in [1.807, 2.05) is 6.07 Å². The van der Waals surface area contributed by atoms with Crippen molar-refractivity contribution in [2.75, 3.05) is 7.11 Å². The van der Waals surface area contributed by atoms with Crippen LogP contribution in [-0.4, -0.2) is 12.1 Å². The molecule has 0 saturated heterocycles. The highest BCUT2D eigenvalue weighted by Crippen LogP contribution is 2.30. The van der Waals surface area contributed by atoms with E-state index < -0.39 is 11.9 Å². The van der Waals surface area contributed by atoms with Crippen molar-refractivity contribution in [3.05, 3.63) is 56.5 Å². The smallest absolute Gasteiger partial charge is 0.132 e. The summed E-state index contributed by atoms with van der Waals surface area (Å²) in [5.41, 5.74) is 3.57. The molecular formula is C13H12Br2FN3O. The number of rotatable bonds is 4. The van der Waals surface area contributed by atoms with Crippen LogP contribution >= 0.6 is 31.9 Å². The van der Waals surface area contributed by atoms with Crippen LogP contribution in [0.25, 0.3) is 0 Å². The van der Waals surface area contributed by atoms with Crippen molar-refractivity contribution >= 4 is 31.9 Å². The Bertz CT molecular complexity index is 625. The molecular weight excluding hydrogens is 393 g/mol. The van der Waals surface area contributed by atoms with Gasteiger partial charge in [-0.1, -0.05) is 6.07 Å². The zero-order valence-electron chi connectivity index (χ0n) is 10.5. The Balaban J connectivity index is 2.47. The summed E-state index contributed by atoms with van der Waals surface area (Å²) in [6, 6.07) is 5.87. The first-order chi connectivity index (χ1) is 9.56. The molecule has 0 bridgehead atoms. The van der Waals surface area contributed by atoms with Crippen molar-refractivity contribution in [3.8, 4) is 5.75 Å². The number of halogens is 3. The number of pyridine rings is 1. The number of aromatic nitrogens is 1. The van der Waals surface area contributed by atoms with Crippen molar-refractivity contribution in [3.63, 3.8) is 0 Å². The molecule has 0 fully saturated rings. The number of ether oxygens (including phenoxy) is 1. The van der Waals surface area contributed by atoms with E-state index in [4.69, 9.17) is 10.6 Å². The van der Waals surface area contributed by atoms with Crippen molar-refractivity contribution in [1.29, 1.82) is 0 Å². The molecule has 4 nitrogen and oxygen atoms in total. The van der Waals surface area contributed by atoms with Crippen molar-refractivity contribution in [2.24, 2.45) is 5.84 Å². The normalized spacial score (nSPS) is 12.2. The van der Waals surface area contributed by atoms with Crippen LogP contribution in [0.15, 0.2) is 39.4 Å². The Morgan fingerprint density at radius 2 is 2.10 bits per heavy atom. The standard InChI is InChI=1S/C13H12Br2FN3O/c1-20-8-2-3-9(11(16)5-8)12(19-17)13-10(15)4-7(14)6-18-13/h2-6,12,19H,17H2,1H3. The third kappa shape index (κ3) is 3.17. The molecule has 2 rings (SSSR count). The fourth-order valence-electron chi connectivity index (χ4n) is 1.82. The largest absolute Gasteiger partial charge is 0.497 e. The van der Waals surface area contributed by atoms with E-state index in [1.54, 1.807) is 18.3 Å². The van der Waals surface area contributed by atoms with E-state index in [1.165, 1.54) is 13.2 Å². The molecule has 106 valence electrons. The predicted octanol–water partition coefficient (Wildman–Crippen LogP) is 3.31. The summed E-state index contributed by atoms with van der Waals surface area (Å²) in [7, 11) is 1.49. The first-order valence-electron chi connectivity index (χ1n) is 5.67. The molecule has 1 aromatic heterocycles. The van der Waals surface area contributed by atoms with E-state index in [9.17, 15) is 4.39 Å². The Morgan fingerprint density at radius 1 is 1.35 bits per heavy atom. The molecule has 3 N–H and O–H groups in total. The molecule has 0 amide bonds. The number of nitrogens with zero attached hydrogens (tertiary/aromatic N) is 1. The minimum absolute atomic E-state index is 0.392. The molecule has 0 aliphatic rings. The molecule has 1 atom stereocenters. The van der Waals surface area contributed by atoms with Gasteiger partial charge < -0.3 is 4.74 Å². The lowest BCUT2D eigenvalue weighted by Crippen LogP contribution is -2.30. The van der Waals surface area contributed by atoms with Gasteiger partial charge in [-0.05, 0) is 44.0 Å². The second kappa shape index (κ2) is 6.62. The summed E-state index contributed by atoms with van der Waals surface area (Å²) in [6.07, 6.45) is 1.63. The molecule has 0 spiro atoms. The van der Waals surface area contributed by atoms with Crippen molar-refractivity contribution in [2.45, 2.75) is 6.04 Å². The van der Waals surface area contributed by atoms with Gasteiger partial charge in [0.25, 0.3) is 0 Å². The number of nitrogens with one attached hydrogen (secondary N) is 1. The maximum absolute atomic E-state index is 14.1. The average Bonchev–Trinajstić information content (AvgIpc) is 2.43. The minimum Gasteiger partial charge on any atom is -0.497 e. The Kier molecular flexibility index (Phi) is 5.09. The fourth-order valence-corrected chi connectivity index (χ4v) is 3.04. The molecule has 0 aliphatic heterocycles. The van der Waals surface area contributed by atoms with Gasteiger partial charge in [-0.2, -0.15) is 0 Å². The van der Waals surface area contributed by atoms with Crippen molar-refractivity contribution in [1.82, 2.24) is 10.4 Å². The number of methoxy groups -OCH3 is 1. The van der Waals surface area contributed by atoms with Gasteiger partial charge in [-0.25, -0.2) is 9.82 Å². The summed E-state index contributed by atoms with van der Waals surface area (Å²) in [5.74, 6) is 5.60. The maximum atomic E-state index is 14.1. The molecule has 0 saturated carbocycles. The van der Waals surface area contributed by atoms with Gasteiger partial charge in [-0.15, -0.1) is 0 Å². The summed E-state index contributed by atoms with van der Waals surface area (Å²) in [4.78, 5) is 4.27. The Hall–Kier alpha value is -1.02. The molecule has 1 aromatic carbocycles. The SMILES string of the molecule is COc1ccc(C(NN)c2ncc(Br)cc2Br)c(F)c1. The first kappa shape index (κ1) is 15.4. The van der Waals surface area contributed by atoms with Crippen LogP contribution in [0.3, 0.4) is 0 Å².